The fourth-order valence-corrected chi connectivity index (χ4v) is 0.484. The number of hydrogen-bond acceptors (Lipinski definition) is 2. The van der Waals surface area contributed by atoms with Crippen molar-refractivity contribution in [3.05, 3.63) is 29.6 Å². The molecule has 3 heteroatoms. The third-order valence-electron chi connectivity index (χ3n) is 0.948. The van der Waals surface area contributed by atoms with Gasteiger partial charge in [0.1, 0.15) is 0 Å². The average molecular weight is 236 g/mol. The van der Waals surface area contributed by atoms with Crippen LogP contribution in [0.3, 0.4) is 0 Å². The molecule has 0 bridgehead atoms. The first-order valence-corrected chi connectivity index (χ1v) is 3.57. The number of aryl methyl sites for hydroxylation is 1. The molecule has 0 fully saturated rings. The predicted octanol–water partition coefficient (Wildman–Crippen LogP) is 2.09. The van der Waals surface area contributed by atoms with E-state index in [9.17, 15) is 0 Å². The van der Waals surface area contributed by atoms with E-state index in [1.165, 1.54) is 0 Å². The smallest absolute Gasteiger partial charge is 0.0501 e. The Kier molecular flexibility index (Phi) is 10.5. The molecule has 0 N–H and O–H groups in total. The minimum Gasteiger partial charge on any atom is -0.373 e. The third-order valence-corrected chi connectivity index (χ3v) is 0.948. The second kappa shape index (κ2) is 8.84. The van der Waals surface area contributed by atoms with Crippen LogP contribution in [-0.2, 0) is 32.7 Å². The Morgan fingerprint density at radius 2 is 2.08 bits per heavy atom. The van der Waals surface area contributed by atoms with E-state index in [1.807, 2.05) is 26.8 Å². The molecule has 0 atom stereocenters. The van der Waals surface area contributed by atoms with Gasteiger partial charge in [0.25, 0.3) is 0 Å². The number of hydrogen-bond donors (Lipinski definition) is 0. The van der Waals surface area contributed by atoms with Gasteiger partial charge in [0.2, 0.25) is 0 Å². The van der Waals surface area contributed by atoms with E-state index in [4.69, 9.17) is 5.26 Å². The first-order chi connectivity index (χ1) is 5.33. The van der Waals surface area contributed by atoms with E-state index >= 15 is 0 Å². The van der Waals surface area contributed by atoms with Crippen LogP contribution in [0.1, 0.15) is 25.1 Å². The van der Waals surface area contributed by atoms with Crippen molar-refractivity contribution < 1.29 is 32.7 Å². The fourth-order valence-electron chi connectivity index (χ4n) is 0.484. The summed E-state index contributed by atoms with van der Waals surface area (Å²) in [5.41, 5.74) is 1.37. The first-order valence-electron chi connectivity index (χ1n) is 3.57. The van der Waals surface area contributed by atoms with Crippen LogP contribution in [-0.4, -0.2) is 4.98 Å². The summed E-state index contributed by atoms with van der Waals surface area (Å²) in [5.74, 6) is 0. The quantitative estimate of drug-likeness (QED) is 0.646. The molecule has 1 aromatic rings. The minimum absolute atomic E-state index is 0. The fraction of sp³-hybridized carbons (Fsp3) is 0.333. The van der Waals surface area contributed by atoms with Crippen molar-refractivity contribution in [2.45, 2.75) is 20.8 Å². The molecule has 0 aliphatic rings. The van der Waals surface area contributed by atoms with Crippen molar-refractivity contribution >= 4 is 0 Å². The molecule has 0 aliphatic heterocycles. The van der Waals surface area contributed by atoms with Gasteiger partial charge in [-0.25, -0.2) is 5.26 Å². The molecule has 0 amide bonds. The van der Waals surface area contributed by atoms with Crippen LogP contribution in [0.25, 0.3) is 0 Å². The Bertz CT molecular complexity index is 236. The van der Waals surface area contributed by atoms with Crippen LogP contribution in [0.2, 0.25) is 0 Å². The largest absolute Gasteiger partial charge is 0.373 e. The van der Waals surface area contributed by atoms with Gasteiger partial charge in [-0.2, -0.15) is 6.07 Å². The van der Waals surface area contributed by atoms with E-state index in [1.54, 1.807) is 12.3 Å². The van der Waals surface area contributed by atoms with Crippen LogP contribution < -0.4 is 0 Å². The van der Waals surface area contributed by atoms with Crippen molar-refractivity contribution in [3.8, 4) is 6.07 Å². The molecule has 1 aromatic heterocycles. The van der Waals surface area contributed by atoms with E-state index in [0.717, 1.165) is 5.56 Å². The maximum Gasteiger partial charge on any atom is 0.0501 e. The van der Waals surface area contributed by atoms with Gasteiger partial charge in [0, 0.05) is 38.4 Å². The SMILES string of the molecule is CC.Cc1[c-]cc(C#N)nc1.[Y]. The molecule has 2 nitrogen and oxygen atoms in total. The molecule has 1 rings (SSSR count). The molecule has 0 spiro atoms. The Morgan fingerprint density at radius 1 is 1.50 bits per heavy atom. The van der Waals surface area contributed by atoms with Crippen molar-refractivity contribution in [1.82, 2.24) is 4.98 Å². The summed E-state index contributed by atoms with van der Waals surface area (Å²) in [6, 6.07) is 6.36. The number of nitrogens with zero attached hydrogens (tertiary/aromatic N) is 2. The third kappa shape index (κ3) is 5.40. The zero-order valence-electron chi connectivity index (χ0n) is 7.63. The molecule has 0 saturated carbocycles. The van der Waals surface area contributed by atoms with Gasteiger partial charge in [-0.3, -0.25) is 0 Å². The van der Waals surface area contributed by atoms with Crippen LogP contribution >= 0.6 is 0 Å². The molecular weight excluding hydrogens is 225 g/mol. The molecule has 0 aromatic carbocycles. The molecule has 0 aliphatic carbocycles. The summed E-state index contributed by atoms with van der Waals surface area (Å²) >= 11 is 0. The second-order valence-corrected chi connectivity index (χ2v) is 1.73. The predicted molar refractivity (Wildman–Crippen MR) is 43.9 cm³/mol. The van der Waals surface area contributed by atoms with Crippen molar-refractivity contribution in [1.29, 1.82) is 5.26 Å². The first kappa shape index (κ1) is 14.3. The number of nitriles is 1. The summed E-state index contributed by atoms with van der Waals surface area (Å²) in [6.45, 7) is 5.88. The zero-order chi connectivity index (χ0) is 8.69. The topological polar surface area (TPSA) is 36.7 Å². The van der Waals surface area contributed by atoms with Gasteiger partial charge < -0.3 is 4.98 Å². The van der Waals surface area contributed by atoms with Gasteiger partial charge >= 0.3 is 0 Å². The molecule has 0 unspecified atom stereocenters. The Hall–Kier alpha value is -0.256. The number of aromatic nitrogens is 1. The molecule has 1 radical (unpaired) electrons. The molecule has 0 saturated heterocycles. The van der Waals surface area contributed by atoms with Gasteiger partial charge in [0.05, 0.1) is 6.07 Å². The van der Waals surface area contributed by atoms with Gasteiger partial charge in [0.15, 0.2) is 0 Å². The van der Waals surface area contributed by atoms with Crippen LogP contribution in [0, 0.1) is 24.3 Å². The van der Waals surface area contributed by atoms with Crippen molar-refractivity contribution in [2.24, 2.45) is 0 Å². The second-order valence-electron chi connectivity index (χ2n) is 1.73. The maximum atomic E-state index is 8.30. The van der Waals surface area contributed by atoms with Crippen molar-refractivity contribution in [2.75, 3.05) is 0 Å². The maximum absolute atomic E-state index is 8.30. The Morgan fingerprint density at radius 3 is 2.42 bits per heavy atom. The Balaban J connectivity index is 0. The van der Waals surface area contributed by atoms with Crippen molar-refractivity contribution in [3.63, 3.8) is 0 Å². The molecule has 12 heavy (non-hydrogen) atoms. The average Bonchev–Trinajstić information content (AvgIpc) is 2.10. The number of rotatable bonds is 0. The van der Waals surface area contributed by atoms with Gasteiger partial charge in [-0.05, 0) is 0 Å². The van der Waals surface area contributed by atoms with Crippen LogP contribution in [0.15, 0.2) is 12.3 Å². The van der Waals surface area contributed by atoms with Gasteiger partial charge in [-0.15, -0.1) is 11.6 Å². The van der Waals surface area contributed by atoms with E-state index in [0.29, 0.717) is 5.69 Å². The monoisotopic (exact) mass is 236 g/mol. The van der Waals surface area contributed by atoms with E-state index in [-0.39, 0.29) is 32.7 Å². The standard InChI is InChI=1S/C7H5N2.C2H6.Y/c1-6-2-3-7(4-8)9-5-6;1-2;/h3,5H,1H3;1-2H3;/q-1;;. The summed E-state index contributed by atoms with van der Waals surface area (Å²) in [6.07, 6.45) is 1.62. The van der Waals surface area contributed by atoms with Crippen LogP contribution in [0.4, 0.5) is 0 Å². The Labute approximate surface area is 98.9 Å². The summed E-state index contributed by atoms with van der Waals surface area (Å²) < 4.78 is 0. The van der Waals surface area contributed by atoms with Gasteiger partial charge in [-0.1, -0.05) is 27.0 Å². The summed E-state index contributed by atoms with van der Waals surface area (Å²) in [7, 11) is 0. The van der Waals surface area contributed by atoms with Crippen LogP contribution in [0.5, 0.6) is 0 Å². The summed E-state index contributed by atoms with van der Waals surface area (Å²) in [5, 5.41) is 8.30. The minimum atomic E-state index is 0. The molecule has 1 heterocycles. The summed E-state index contributed by atoms with van der Waals surface area (Å²) in [4.78, 5) is 3.80. The number of pyridine rings is 1. The normalized spacial score (nSPS) is 6.83. The van der Waals surface area contributed by atoms with E-state index in [2.05, 4.69) is 11.1 Å². The zero-order valence-corrected chi connectivity index (χ0v) is 10.5. The molecular formula is C9H11N2Y-. The molecule has 61 valence electrons. The van der Waals surface area contributed by atoms with E-state index < -0.39 is 0 Å².